The first-order valence-electron chi connectivity index (χ1n) is 6.73. The van der Waals surface area contributed by atoms with Gasteiger partial charge in [0.05, 0.1) is 17.4 Å². The Morgan fingerprint density at radius 3 is 2.81 bits per heavy atom. The lowest BCUT2D eigenvalue weighted by molar-refractivity contribution is 0.0954. The van der Waals surface area contributed by atoms with E-state index in [2.05, 4.69) is 16.5 Å². The van der Waals surface area contributed by atoms with Gasteiger partial charge in [-0.3, -0.25) is 4.79 Å². The second-order valence-electron chi connectivity index (χ2n) is 4.59. The molecule has 3 aromatic rings. The van der Waals surface area contributed by atoms with Crippen molar-refractivity contribution in [3.8, 4) is 5.69 Å². The first-order chi connectivity index (χ1) is 10.3. The lowest BCUT2D eigenvalue weighted by atomic mass is 10.3. The summed E-state index contributed by atoms with van der Waals surface area (Å²) in [6, 6.07) is 13.8. The van der Waals surface area contributed by atoms with E-state index >= 15 is 0 Å². The highest BCUT2D eigenvalue weighted by Crippen LogP contribution is 2.09. The van der Waals surface area contributed by atoms with E-state index in [0.29, 0.717) is 12.1 Å². The smallest absolute Gasteiger partial charge is 0.254 e. The van der Waals surface area contributed by atoms with Gasteiger partial charge in [0, 0.05) is 17.6 Å². The van der Waals surface area contributed by atoms with E-state index in [1.54, 1.807) is 28.4 Å². The standard InChI is InChI=1S/C16H15N3OS/c20-16(17-9-8-15-7-4-10-21-15)13-11-18-19(12-13)14-5-2-1-3-6-14/h1-7,10-12H,8-9H2,(H,17,20). The van der Waals surface area contributed by atoms with Crippen LogP contribution in [0, 0.1) is 0 Å². The highest BCUT2D eigenvalue weighted by molar-refractivity contribution is 7.09. The Bertz CT molecular complexity index is 704. The largest absolute Gasteiger partial charge is 0.352 e. The number of carbonyl (C=O) groups excluding carboxylic acids is 1. The third-order valence-corrected chi connectivity index (χ3v) is 4.04. The zero-order chi connectivity index (χ0) is 14.5. The Morgan fingerprint density at radius 1 is 1.19 bits per heavy atom. The topological polar surface area (TPSA) is 46.9 Å². The van der Waals surface area contributed by atoms with Crippen LogP contribution in [0.15, 0.2) is 60.2 Å². The molecule has 0 unspecified atom stereocenters. The van der Waals surface area contributed by atoms with Crippen molar-refractivity contribution in [3.63, 3.8) is 0 Å². The van der Waals surface area contributed by atoms with Gasteiger partial charge in [-0.25, -0.2) is 4.68 Å². The minimum absolute atomic E-state index is 0.0891. The molecule has 0 bridgehead atoms. The molecule has 2 aromatic heterocycles. The van der Waals surface area contributed by atoms with Crippen LogP contribution < -0.4 is 5.32 Å². The van der Waals surface area contributed by atoms with Gasteiger partial charge in [0.2, 0.25) is 0 Å². The Hall–Kier alpha value is -2.40. The molecule has 4 nitrogen and oxygen atoms in total. The molecule has 1 aromatic carbocycles. The van der Waals surface area contributed by atoms with E-state index in [1.165, 1.54) is 4.88 Å². The van der Waals surface area contributed by atoms with Crippen LogP contribution in [0.4, 0.5) is 0 Å². The zero-order valence-corrected chi connectivity index (χ0v) is 12.2. The summed E-state index contributed by atoms with van der Waals surface area (Å²) in [6.07, 6.45) is 4.19. The highest BCUT2D eigenvalue weighted by atomic mass is 32.1. The maximum Gasteiger partial charge on any atom is 0.254 e. The van der Waals surface area contributed by atoms with Gasteiger partial charge in [-0.15, -0.1) is 11.3 Å². The van der Waals surface area contributed by atoms with Gasteiger partial charge in [-0.2, -0.15) is 5.10 Å². The molecule has 0 saturated heterocycles. The number of carbonyl (C=O) groups is 1. The molecule has 0 aliphatic rings. The minimum Gasteiger partial charge on any atom is -0.352 e. The molecule has 0 aliphatic carbocycles. The van der Waals surface area contributed by atoms with Crippen LogP contribution in [0.2, 0.25) is 0 Å². The number of hydrogen-bond acceptors (Lipinski definition) is 3. The molecule has 0 radical (unpaired) electrons. The van der Waals surface area contributed by atoms with Crippen LogP contribution in [-0.2, 0) is 6.42 Å². The first kappa shape index (κ1) is 13.6. The van der Waals surface area contributed by atoms with Crippen molar-refractivity contribution in [1.82, 2.24) is 15.1 Å². The number of para-hydroxylation sites is 1. The van der Waals surface area contributed by atoms with Crippen molar-refractivity contribution >= 4 is 17.2 Å². The summed E-state index contributed by atoms with van der Waals surface area (Å²) in [5, 5.41) is 9.18. The van der Waals surface area contributed by atoms with Crippen molar-refractivity contribution in [3.05, 3.63) is 70.7 Å². The van der Waals surface area contributed by atoms with Gasteiger partial charge in [-0.05, 0) is 30.0 Å². The lowest BCUT2D eigenvalue weighted by Gasteiger charge is -2.02. The normalized spacial score (nSPS) is 10.5. The quantitative estimate of drug-likeness (QED) is 0.787. The fraction of sp³-hybridized carbons (Fsp3) is 0.125. The number of thiophene rings is 1. The van der Waals surface area contributed by atoms with Crippen LogP contribution in [0.25, 0.3) is 5.69 Å². The van der Waals surface area contributed by atoms with Crippen LogP contribution >= 0.6 is 11.3 Å². The number of benzene rings is 1. The molecule has 21 heavy (non-hydrogen) atoms. The van der Waals surface area contributed by atoms with Crippen LogP contribution in [-0.4, -0.2) is 22.2 Å². The van der Waals surface area contributed by atoms with Crippen molar-refractivity contribution < 1.29 is 4.79 Å². The van der Waals surface area contributed by atoms with E-state index in [9.17, 15) is 4.79 Å². The summed E-state index contributed by atoms with van der Waals surface area (Å²) in [6.45, 7) is 0.635. The maximum absolute atomic E-state index is 12.1. The van der Waals surface area contributed by atoms with E-state index in [0.717, 1.165) is 12.1 Å². The Labute approximate surface area is 127 Å². The molecule has 106 valence electrons. The van der Waals surface area contributed by atoms with Crippen molar-refractivity contribution in [2.75, 3.05) is 6.54 Å². The maximum atomic E-state index is 12.1. The fourth-order valence-electron chi connectivity index (χ4n) is 2.02. The molecule has 1 N–H and O–H groups in total. The summed E-state index contributed by atoms with van der Waals surface area (Å²) in [5.74, 6) is -0.0891. The predicted octanol–water partition coefficient (Wildman–Crippen LogP) is 2.91. The van der Waals surface area contributed by atoms with Crippen LogP contribution in [0.5, 0.6) is 0 Å². The molecule has 3 rings (SSSR count). The van der Waals surface area contributed by atoms with Gasteiger partial charge in [0.25, 0.3) is 5.91 Å². The van der Waals surface area contributed by atoms with Crippen LogP contribution in [0.1, 0.15) is 15.2 Å². The first-order valence-corrected chi connectivity index (χ1v) is 7.61. The molecule has 0 saturated carbocycles. The average Bonchev–Trinajstić information content (AvgIpc) is 3.20. The second kappa shape index (κ2) is 6.37. The monoisotopic (exact) mass is 297 g/mol. The molecule has 0 fully saturated rings. The molecular weight excluding hydrogens is 282 g/mol. The molecular formula is C16H15N3OS. The molecule has 5 heteroatoms. The Balaban J connectivity index is 1.59. The van der Waals surface area contributed by atoms with Crippen LogP contribution in [0.3, 0.4) is 0 Å². The molecule has 1 amide bonds. The number of aromatic nitrogens is 2. The average molecular weight is 297 g/mol. The van der Waals surface area contributed by atoms with E-state index in [4.69, 9.17) is 0 Å². The molecule has 0 spiro atoms. The number of hydrogen-bond donors (Lipinski definition) is 1. The van der Waals surface area contributed by atoms with Gasteiger partial charge in [-0.1, -0.05) is 24.3 Å². The van der Waals surface area contributed by atoms with E-state index in [1.807, 2.05) is 41.8 Å². The summed E-state index contributed by atoms with van der Waals surface area (Å²) in [4.78, 5) is 13.3. The molecule has 2 heterocycles. The minimum atomic E-state index is -0.0891. The van der Waals surface area contributed by atoms with Crippen molar-refractivity contribution in [2.45, 2.75) is 6.42 Å². The second-order valence-corrected chi connectivity index (χ2v) is 5.63. The Morgan fingerprint density at radius 2 is 2.05 bits per heavy atom. The predicted molar refractivity (Wildman–Crippen MR) is 83.9 cm³/mol. The van der Waals surface area contributed by atoms with E-state index < -0.39 is 0 Å². The van der Waals surface area contributed by atoms with Gasteiger partial charge >= 0.3 is 0 Å². The summed E-state index contributed by atoms with van der Waals surface area (Å²) >= 11 is 1.70. The Kier molecular flexibility index (Phi) is 4.12. The summed E-state index contributed by atoms with van der Waals surface area (Å²) < 4.78 is 1.70. The summed E-state index contributed by atoms with van der Waals surface area (Å²) in [5.41, 5.74) is 1.51. The van der Waals surface area contributed by atoms with Gasteiger partial charge in [0.1, 0.15) is 0 Å². The van der Waals surface area contributed by atoms with Crippen molar-refractivity contribution in [2.24, 2.45) is 0 Å². The highest BCUT2D eigenvalue weighted by Gasteiger charge is 2.08. The third kappa shape index (κ3) is 3.38. The number of rotatable bonds is 5. The molecule has 0 aliphatic heterocycles. The lowest BCUT2D eigenvalue weighted by Crippen LogP contribution is -2.25. The zero-order valence-electron chi connectivity index (χ0n) is 11.4. The molecule has 0 atom stereocenters. The van der Waals surface area contributed by atoms with E-state index in [-0.39, 0.29) is 5.91 Å². The fourth-order valence-corrected chi connectivity index (χ4v) is 2.73. The van der Waals surface area contributed by atoms with Gasteiger partial charge in [0.15, 0.2) is 0 Å². The number of nitrogens with one attached hydrogen (secondary N) is 1. The number of amides is 1. The number of nitrogens with zero attached hydrogens (tertiary/aromatic N) is 2. The summed E-state index contributed by atoms with van der Waals surface area (Å²) in [7, 11) is 0. The van der Waals surface area contributed by atoms with Gasteiger partial charge < -0.3 is 5.32 Å². The SMILES string of the molecule is O=C(NCCc1cccs1)c1cnn(-c2ccccc2)c1. The third-order valence-electron chi connectivity index (χ3n) is 3.10. The van der Waals surface area contributed by atoms with Crippen molar-refractivity contribution in [1.29, 1.82) is 0 Å².